The fourth-order valence-electron chi connectivity index (χ4n) is 1.55. The average molecular weight is 245 g/mol. The normalized spacial score (nSPS) is 23.4. The molecular weight excluding hydrogens is 226 g/mol. The molecule has 0 aromatic carbocycles. The lowest BCUT2D eigenvalue weighted by atomic mass is 10.0. The van der Waals surface area contributed by atoms with Crippen LogP contribution in [-0.4, -0.2) is 57.4 Å². The van der Waals surface area contributed by atoms with Gasteiger partial charge in [0.15, 0.2) is 0 Å². The van der Waals surface area contributed by atoms with Crippen LogP contribution in [0.3, 0.4) is 0 Å². The second kappa shape index (κ2) is 6.53. The largest absolute Gasteiger partial charge is 0.378 e. The van der Waals surface area contributed by atoms with E-state index in [2.05, 4.69) is 10.6 Å². The fourth-order valence-corrected chi connectivity index (χ4v) is 1.55. The molecule has 1 saturated heterocycles. The Kier molecular flexibility index (Phi) is 5.33. The number of nitrogens with two attached hydrogens (primary N) is 1. The number of carbonyl (C=O) groups is 2. The number of hydrogen-bond donors (Lipinski definition) is 3. The third kappa shape index (κ3) is 3.95. The first-order valence-corrected chi connectivity index (χ1v) is 5.52. The van der Waals surface area contributed by atoms with Gasteiger partial charge in [0.2, 0.25) is 0 Å². The first-order chi connectivity index (χ1) is 8.13. The quantitative estimate of drug-likeness (QED) is 0.485. The third-order valence-corrected chi connectivity index (χ3v) is 2.71. The van der Waals surface area contributed by atoms with E-state index in [0.29, 0.717) is 26.2 Å². The van der Waals surface area contributed by atoms with Gasteiger partial charge in [0.05, 0.1) is 6.61 Å². The van der Waals surface area contributed by atoms with Crippen molar-refractivity contribution in [2.24, 2.45) is 5.73 Å². The van der Waals surface area contributed by atoms with Crippen molar-refractivity contribution in [1.29, 1.82) is 0 Å². The summed E-state index contributed by atoms with van der Waals surface area (Å²) in [5, 5.41) is 4.92. The topological polar surface area (TPSA) is 103 Å². The lowest BCUT2D eigenvalue weighted by molar-refractivity contribution is -0.140. The summed E-state index contributed by atoms with van der Waals surface area (Å²) in [6.45, 7) is 1.87. The van der Waals surface area contributed by atoms with Gasteiger partial charge in [-0.15, -0.1) is 0 Å². The predicted molar refractivity (Wildman–Crippen MR) is 60.2 cm³/mol. The molecule has 98 valence electrons. The molecule has 1 rings (SSSR count). The molecule has 1 aliphatic heterocycles. The van der Waals surface area contributed by atoms with Gasteiger partial charge >= 0.3 is 11.8 Å². The molecule has 0 saturated carbocycles. The number of methoxy groups -OCH3 is 1. The molecule has 0 aliphatic carbocycles. The number of hydrogen-bond acceptors (Lipinski definition) is 5. The van der Waals surface area contributed by atoms with Crippen LogP contribution < -0.4 is 16.4 Å². The Hall–Kier alpha value is -1.18. The average Bonchev–Trinajstić information content (AvgIpc) is 2.82. The number of carbonyl (C=O) groups excluding carboxylic acids is 2. The molecule has 1 heterocycles. The van der Waals surface area contributed by atoms with Crippen molar-refractivity contribution in [3.05, 3.63) is 0 Å². The van der Waals surface area contributed by atoms with Crippen LogP contribution in [0.4, 0.5) is 0 Å². The van der Waals surface area contributed by atoms with Crippen LogP contribution in [0.2, 0.25) is 0 Å². The summed E-state index contributed by atoms with van der Waals surface area (Å²) >= 11 is 0. The van der Waals surface area contributed by atoms with E-state index in [1.807, 2.05) is 0 Å². The zero-order valence-corrected chi connectivity index (χ0v) is 9.95. The van der Waals surface area contributed by atoms with E-state index in [9.17, 15) is 9.59 Å². The Morgan fingerprint density at radius 1 is 1.41 bits per heavy atom. The first-order valence-electron chi connectivity index (χ1n) is 5.52. The predicted octanol–water partition coefficient (Wildman–Crippen LogP) is -2.02. The van der Waals surface area contributed by atoms with Crippen molar-refractivity contribution in [2.45, 2.75) is 12.0 Å². The summed E-state index contributed by atoms with van der Waals surface area (Å²) in [7, 11) is 1.56. The molecule has 0 spiro atoms. The van der Waals surface area contributed by atoms with Gasteiger partial charge in [-0.1, -0.05) is 0 Å². The zero-order valence-electron chi connectivity index (χ0n) is 9.95. The minimum absolute atomic E-state index is 0.262. The van der Waals surface area contributed by atoms with Crippen molar-refractivity contribution in [1.82, 2.24) is 10.6 Å². The van der Waals surface area contributed by atoms with E-state index in [1.54, 1.807) is 7.11 Å². The van der Waals surface area contributed by atoms with E-state index < -0.39 is 17.4 Å². The number of nitrogens with one attached hydrogen (secondary N) is 2. The molecule has 0 bridgehead atoms. The highest BCUT2D eigenvalue weighted by molar-refractivity contribution is 6.35. The first kappa shape index (κ1) is 13.9. The number of rotatable bonds is 5. The van der Waals surface area contributed by atoms with Crippen molar-refractivity contribution in [2.75, 3.05) is 40.0 Å². The molecule has 0 aromatic heterocycles. The number of ether oxygens (including phenoxy) is 2. The summed E-state index contributed by atoms with van der Waals surface area (Å²) in [5.74, 6) is -1.36. The molecule has 1 unspecified atom stereocenters. The minimum atomic E-state index is -0.680. The Labute approximate surface area is 100 Å². The fraction of sp³-hybridized carbons (Fsp3) is 0.800. The maximum Gasteiger partial charge on any atom is 0.309 e. The summed E-state index contributed by atoms with van der Waals surface area (Å²) in [5.41, 5.74) is 4.70. The van der Waals surface area contributed by atoms with Crippen LogP contribution in [0.25, 0.3) is 0 Å². The highest BCUT2D eigenvalue weighted by Gasteiger charge is 2.35. The molecular formula is C10H19N3O4. The molecule has 7 nitrogen and oxygen atoms in total. The molecule has 1 fully saturated rings. The molecule has 4 N–H and O–H groups in total. The zero-order chi connectivity index (χ0) is 12.7. The van der Waals surface area contributed by atoms with E-state index in [1.165, 1.54) is 0 Å². The minimum Gasteiger partial charge on any atom is -0.378 e. The van der Waals surface area contributed by atoms with Gasteiger partial charge in [-0.3, -0.25) is 9.59 Å². The number of amides is 2. The van der Waals surface area contributed by atoms with Crippen molar-refractivity contribution >= 4 is 11.8 Å². The van der Waals surface area contributed by atoms with E-state index >= 15 is 0 Å². The molecule has 7 heteroatoms. The molecule has 1 aliphatic rings. The Bertz CT molecular complexity index is 277. The second-order valence-electron chi connectivity index (χ2n) is 3.92. The van der Waals surface area contributed by atoms with Gasteiger partial charge in [0, 0.05) is 39.8 Å². The van der Waals surface area contributed by atoms with Gasteiger partial charge in [-0.05, 0) is 0 Å². The standard InChI is InChI=1S/C10H19N3O4/c1-16-10(2-5-17-7-10)6-13-9(15)8(14)12-4-3-11/h2-7,11H2,1H3,(H,12,14)(H,13,15). The molecule has 17 heavy (non-hydrogen) atoms. The summed E-state index contributed by atoms with van der Waals surface area (Å²) in [6.07, 6.45) is 0.703. The van der Waals surface area contributed by atoms with Crippen molar-refractivity contribution in [3.63, 3.8) is 0 Å². The molecule has 0 radical (unpaired) electrons. The highest BCUT2D eigenvalue weighted by Crippen LogP contribution is 2.21. The van der Waals surface area contributed by atoms with Crippen LogP contribution in [0.5, 0.6) is 0 Å². The smallest absolute Gasteiger partial charge is 0.309 e. The SMILES string of the molecule is COC1(CNC(=O)C(=O)NCCN)CCOC1. The van der Waals surface area contributed by atoms with Gasteiger partial charge < -0.3 is 25.8 Å². The second-order valence-corrected chi connectivity index (χ2v) is 3.92. The highest BCUT2D eigenvalue weighted by atomic mass is 16.5. The van der Waals surface area contributed by atoms with E-state index in [4.69, 9.17) is 15.2 Å². The summed E-state index contributed by atoms with van der Waals surface area (Å²) < 4.78 is 10.5. The van der Waals surface area contributed by atoms with Gasteiger partial charge in [-0.25, -0.2) is 0 Å². The maximum atomic E-state index is 11.4. The van der Waals surface area contributed by atoms with E-state index in [-0.39, 0.29) is 13.1 Å². The van der Waals surface area contributed by atoms with E-state index in [0.717, 1.165) is 0 Å². The molecule has 1 atom stereocenters. The van der Waals surface area contributed by atoms with Crippen LogP contribution in [-0.2, 0) is 19.1 Å². The van der Waals surface area contributed by atoms with Crippen LogP contribution >= 0.6 is 0 Å². The lowest BCUT2D eigenvalue weighted by Gasteiger charge is -2.25. The Morgan fingerprint density at radius 2 is 2.12 bits per heavy atom. The van der Waals surface area contributed by atoms with Gasteiger partial charge in [0.25, 0.3) is 0 Å². The van der Waals surface area contributed by atoms with Crippen molar-refractivity contribution < 1.29 is 19.1 Å². The Morgan fingerprint density at radius 3 is 2.65 bits per heavy atom. The molecule has 0 aromatic rings. The van der Waals surface area contributed by atoms with Crippen LogP contribution in [0.15, 0.2) is 0 Å². The lowest BCUT2D eigenvalue weighted by Crippen LogP contribution is -2.49. The van der Waals surface area contributed by atoms with Gasteiger partial charge in [-0.2, -0.15) is 0 Å². The Balaban J connectivity index is 2.33. The van der Waals surface area contributed by atoms with Crippen LogP contribution in [0.1, 0.15) is 6.42 Å². The van der Waals surface area contributed by atoms with Gasteiger partial charge in [0.1, 0.15) is 5.60 Å². The maximum absolute atomic E-state index is 11.4. The molecule has 2 amide bonds. The summed E-state index contributed by atoms with van der Waals surface area (Å²) in [6, 6.07) is 0. The summed E-state index contributed by atoms with van der Waals surface area (Å²) in [4.78, 5) is 22.7. The third-order valence-electron chi connectivity index (χ3n) is 2.71. The van der Waals surface area contributed by atoms with Crippen LogP contribution in [0, 0.1) is 0 Å². The monoisotopic (exact) mass is 245 g/mol. The van der Waals surface area contributed by atoms with Crippen molar-refractivity contribution in [3.8, 4) is 0 Å².